The van der Waals surface area contributed by atoms with E-state index < -0.39 is 24.9 Å². The van der Waals surface area contributed by atoms with Gasteiger partial charge in [0.1, 0.15) is 24.2 Å². The Kier molecular flexibility index (Phi) is 8.12. The summed E-state index contributed by atoms with van der Waals surface area (Å²) in [7, 11) is -0.555. The maximum atomic E-state index is 14.6. The Labute approximate surface area is 217 Å². The van der Waals surface area contributed by atoms with Crippen LogP contribution < -0.4 is 15.9 Å². The highest BCUT2D eigenvalue weighted by atomic mass is 32.2. The Morgan fingerprint density at radius 1 is 1.27 bits per heavy atom. The van der Waals surface area contributed by atoms with E-state index in [2.05, 4.69) is 27.5 Å². The van der Waals surface area contributed by atoms with Crippen molar-refractivity contribution in [3.63, 3.8) is 0 Å². The maximum absolute atomic E-state index is 14.6. The van der Waals surface area contributed by atoms with Crippen molar-refractivity contribution in [3.05, 3.63) is 48.3 Å². The molecule has 0 unspecified atom stereocenters. The molecule has 0 bridgehead atoms. The number of thioether (sulfide) groups is 1. The van der Waals surface area contributed by atoms with Gasteiger partial charge in [-0.25, -0.2) is 9.37 Å². The Balaban J connectivity index is 1.57. The summed E-state index contributed by atoms with van der Waals surface area (Å²) >= 11 is -0.230. The molecule has 2 atom stereocenters. The topological polar surface area (TPSA) is 61.7 Å². The van der Waals surface area contributed by atoms with Crippen LogP contribution in [-0.2, 0) is 4.57 Å². The summed E-state index contributed by atoms with van der Waals surface area (Å²) in [5.74, 6) is 6.22. The number of alkyl halides is 4. The largest absolute Gasteiger partial charge is 0.447 e. The normalized spacial score (nSPS) is 18.9. The summed E-state index contributed by atoms with van der Waals surface area (Å²) in [5.41, 5.74) is -3.23. The van der Waals surface area contributed by atoms with Gasteiger partial charge in [0.25, 0.3) is 0 Å². The molecule has 0 amide bonds. The van der Waals surface area contributed by atoms with Crippen molar-refractivity contribution in [3.8, 4) is 11.8 Å². The second kappa shape index (κ2) is 11.0. The minimum absolute atomic E-state index is 0.0528. The van der Waals surface area contributed by atoms with Crippen molar-refractivity contribution in [1.29, 1.82) is 0 Å². The van der Waals surface area contributed by atoms with E-state index in [1.165, 1.54) is 10.6 Å². The van der Waals surface area contributed by atoms with E-state index in [0.29, 0.717) is 35.3 Å². The number of nitrogens with one attached hydrogen (secondary N) is 2. The van der Waals surface area contributed by atoms with Crippen LogP contribution in [0.2, 0.25) is 0 Å². The monoisotopic (exact) mass is 553 g/mol. The Morgan fingerprint density at radius 2 is 2.05 bits per heavy atom. The first-order valence-electron chi connectivity index (χ1n) is 11.6. The van der Waals surface area contributed by atoms with E-state index in [-0.39, 0.29) is 28.9 Å². The second-order valence-electron chi connectivity index (χ2n) is 9.31. The minimum Gasteiger partial charge on any atom is -0.378 e. The van der Waals surface area contributed by atoms with Crippen LogP contribution in [0.1, 0.15) is 12.0 Å². The van der Waals surface area contributed by atoms with Crippen LogP contribution in [-0.4, -0.2) is 72.0 Å². The number of pyridine rings is 2. The van der Waals surface area contributed by atoms with Gasteiger partial charge in [0.15, 0.2) is 0 Å². The minimum atomic E-state index is -4.51. The van der Waals surface area contributed by atoms with Gasteiger partial charge >= 0.3 is 5.51 Å². The van der Waals surface area contributed by atoms with Gasteiger partial charge in [-0.3, -0.25) is 0 Å². The van der Waals surface area contributed by atoms with Gasteiger partial charge in [0.05, 0.1) is 29.4 Å². The van der Waals surface area contributed by atoms with Crippen LogP contribution in [0.25, 0.3) is 5.52 Å². The zero-order valence-corrected chi connectivity index (χ0v) is 22.4. The standard InChI is InChI=1S/C25H28F4N5OPS/c1-33-13-10-20(19(26)16-33)32-21-7-5-12-34-22(21)14-17(24(34)37-25(27,28)29)6-4-11-30-23-9-8-18(15-31-23)36(2,3)35/h5,7-9,12,14-15,19-20,32H,10-11,13,16H2,1-3H3,(H,30,31)/t19-,20+/m0/s1. The first-order chi connectivity index (χ1) is 17.4. The van der Waals surface area contributed by atoms with E-state index in [1.807, 2.05) is 11.9 Å². The van der Waals surface area contributed by atoms with Crippen LogP contribution in [0.3, 0.4) is 0 Å². The van der Waals surface area contributed by atoms with Gasteiger partial charge in [0, 0.05) is 42.5 Å². The lowest BCUT2D eigenvalue weighted by Crippen LogP contribution is -2.46. The molecule has 4 heterocycles. The van der Waals surface area contributed by atoms with Crippen LogP contribution >= 0.6 is 18.9 Å². The van der Waals surface area contributed by atoms with Crippen LogP contribution in [0, 0.1) is 11.8 Å². The van der Waals surface area contributed by atoms with Gasteiger partial charge in [0.2, 0.25) is 0 Å². The summed E-state index contributed by atoms with van der Waals surface area (Å²) in [4.78, 5) is 6.13. The zero-order valence-electron chi connectivity index (χ0n) is 20.6. The average Bonchev–Trinajstić information content (AvgIpc) is 3.15. The van der Waals surface area contributed by atoms with Crippen LogP contribution in [0.15, 0.2) is 47.8 Å². The molecule has 12 heteroatoms. The number of halogens is 4. The fourth-order valence-corrected chi connectivity index (χ4v) is 5.57. The fraction of sp³-hybridized carbons (Fsp3) is 0.400. The van der Waals surface area contributed by atoms with E-state index in [1.54, 1.807) is 49.9 Å². The number of piperidine rings is 1. The molecule has 1 saturated heterocycles. The average molecular weight is 554 g/mol. The molecule has 1 aliphatic rings. The number of hydrogen-bond donors (Lipinski definition) is 2. The van der Waals surface area contributed by atoms with E-state index in [9.17, 15) is 22.1 Å². The molecule has 3 aromatic heterocycles. The molecule has 37 heavy (non-hydrogen) atoms. The van der Waals surface area contributed by atoms with Crippen molar-refractivity contribution in [1.82, 2.24) is 14.3 Å². The molecule has 0 spiro atoms. The third-order valence-electron chi connectivity index (χ3n) is 6.01. The highest BCUT2D eigenvalue weighted by Crippen LogP contribution is 2.41. The number of hydrogen-bond acceptors (Lipinski definition) is 6. The smallest absolute Gasteiger partial charge is 0.378 e. The maximum Gasteiger partial charge on any atom is 0.447 e. The Bertz CT molecular complexity index is 1360. The number of nitrogens with zero attached hydrogens (tertiary/aromatic N) is 3. The predicted octanol–water partition coefficient (Wildman–Crippen LogP) is 5.11. The molecule has 6 nitrogen and oxygen atoms in total. The summed E-state index contributed by atoms with van der Waals surface area (Å²) in [6, 6.07) is 7.96. The van der Waals surface area contributed by atoms with E-state index in [4.69, 9.17) is 0 Å². The first-order valence-corrected chi connectivity index (χ1v) is 15.1. The van der Waals surface area contributed by atoms with Gasteiger partial charge < -0.3 is 24.5 Å². The van der Waals surface area contributed by atoms with Gasteiger partial charge in [-0.15, -0.1) is 0 Å². The third-order valence-corrected chi connectivity index (χ3v) is 8.36. The van der Waals surface area contributed by atoms with Gasteiger partial charge in [-0.05, 0) is 57.1 Å². The molecule has 0 radical (unpaired) electrons. The molecule has 0 aromatic carbocycles. The van der Waals surface area contributed by atoms with Crippen molar-refractivity contribution >= 4 is 41.2 Å². The summed E-state index contributed by atoms with van der Waals surface area (Å²) in [6.45, 7) is 4.50. The number of likely N-dealkylation sites (tertiary alicyclic amines) is 1. The molecule has 4 rings (SSSR count). The van der Waals surface area contributed by atoms with Crippen molar-refractivity contribution < 1.29 is 22.1 Å². The molecule has 2 N–H and O–H groups in total. The summed E-state index contributed by atoms with van der Waals surface area (Å²) in [6.07, 6.45) is 2.58. The molecular formula is C25H28F4N5OPS. The molecule has 198 valence electrons. The number of rotatable bonds is 6. The molecule has 3 aromatic rings. The molecule has 1 fully saturated rings. The fourth-order valence-electron chi connectivity index (χ4n) is 4.10. The lowest BCUT2D eigenvalue weighted by Gasteiger charge is -2.33. The summed E-state index contributed by atoms with van der Waals surface area (Å²) < 4.78 is 68.4. The van der Waals surface area contributed by atoms with Crippen molar-refractivity contribution in [2.45, 2.75) is 29.2 Å². The zero-order chi connectivity index (χ0) is 26.8. The quantitative estimate of drug-likeness (QED) is 0.192. The summed E-state index contributed by atoms with van der Waals surface area (Å²) in [5, 5.41) is 6.80. The molecule has 1 aliphatic heterocycles. The number of anilines is 2. The second-order valence-corrected chi connectivity index (χ2v) is 13.6. The van der Waals surface area contributed by atoms with Crippen molar-refractivity contribution in [2.24, 2.45) is 0 Å². The highest BCUT2D eigenvalue weighted by Gasteiger charge is 2.33. The van der Waals surface area contributed by atoms with Gasteiger partial charge in [-0.2, -0.15) is 13.2 Å². The lowest BCUT2D eigenvalue weighted by atomic mass is 10.0. The van der Waals surface area contributed by atoms with E-state index in [0.717, 1.165) is 6.54 Å². The molecule has 0 aliphatic carbocycles. The highest BCUT2D eigenvalue weighted by molar-refractivity contribution is 8.00. The third kappa shape index (κ3) is 7.01. The van der Waals surface area contributed by atoms with Crippen LogP contribution in [0.4, 0.5) is 29.1 Å². The van der Waals surface area contributed by atoms with E-state index >= 15 is 0 Å². The SMILES string of the molecule is CN1CC[C@@H](Nc2cccn3c(SC(F)(F)F)c(C#CCNc4ccc(P(C)(C)=O)cn4)cc23)[C@@H](F)C1. The Morgan fingerprint density at radius 3 is 2.70 bits per heavy atom. The lowest BCUT2D eigenvalue weighted by molar-refractivity contribution is -0.0329. The molecular weight excluding hydrogens is 525 g/mol. The van der Waals surface area contributed by atoms with Crippen molar-refractivity contribution in [2.75, 3.05) is 50.6 Å². The van der Waals surface area contributed by atoms with Gasteiger partial charge in [-0.1, -0.05) is 11.8 Å². The molecule has 0 saturated carbocycles. The first kappa shape index (κ1) is 27.4. The Hall–Kier alpha value is -2.67. The number of fused-ring (bicyclic) bond motifs is 1. The van der Waals surface area contributed by atoms with Crippen LogP contribution in [0.5, 0.6) is 0 Å². The predicted molar refractivity (Wildman–Crippen MR) is 142 cm³/mol. The number of aromatic nitrogens is 2.